The van der Waals surface area contributed by atoms with Gasteiger partial charge in [-0.05, 0) is 37.7 Å². The van der Waals surface area contributed by atoms with Crippen LogP contribution in [0.4, 0.5) is 4.79 Å². The summed E-state index contributed by atoms with van der Waals surface area (Å²) in [6.07, 6.45) is 6.17. The van der Waals surface area contributed by atoms with Gasteiger partial charge in [0.1, 0.15) is 19.3 Å². The van der Waals surface area contributed by atoms with Crippen molar-refractivity contribution in [1.82, 2.24) is 54.1 Å². The quantitative estimate of drug-likeness (QED) is 0.275. The van der Waals surface area contributed by atoms with E-state index in [1.807, 2.05) is 13.0 Å². The number of hydrogen-bond acceptors (Lipinski definition) is 12. The fraction of sp³-hybridized carbons (Fsp3) is 0.348. The third-order valence-corrected chi connectivity index (χ3v) is 6.25. The number of allylic oxidation sites excluding steroid dienone is 2. The lowest BCUT2D eigenvalue weighted by Crippen LogP contribution is -2.33. The first kappa shape index (κ1) is 28.5. The molecule has 3 N–H and O–H groups in total. The van der Waals surface area contributed by atoms with E-state index < -0.39 is 29.3 Å². The molecule has 1 unspecified atom stereocenters. The predicted octanol–water partition coefficient (Wildman–Crippen LogP) is -1.09. The summed E-state index contributed by atoms with van der Waals surface area (Å²) in [5, 5.41) is 16.6. The number of imide groups is 1. The molecule has 0 saturated carbocycles. The zero-order valence-corrected chi connectivity index (χ0v) is 22.3. The van der Waals surface area contributed by atoms with E-state index in [0.29, 0.717) is 5.92 Å². The second-order valence-electron chi connectivity index (χ2n) is 9.14. The van der Waals surface area contributed by atoms with Gasteiger partial charge in [0.15, 0.2) is 22.7 Å². The molecule has 0 saturated heterocycles. The number of primary amides is 1. The van der Waals surface area contributed by atoms with Gasteiger partial charge >= 0.3 is 17.5 Å². The molecule has 214 valence electrons. The number of amides is 3. The molecule has 0 aliphatic heterocycles. The maximum absolute atomic E-state index is 12.2. The average Bonchev–Trinajstić information content (AvgIpc) is 3.58. The van der Waals surface area contributed by atoms with Crippen molar-refractivity contribution in [2.75, 3.05) is 6.61 Å². The first-order valence-corrected chi connectivity index (χ1v) is 12.1. The number of alkyl carbamates (subject to hydrolysis) is 1. The minimum atomic E-state index is -0.888. The van der Waals surface area contributed by atoms with Crippen molar-refractivity contribution in [3.05, 3.63) is 68.8 Å². The molecule has 4 aromatic heterocycles. The molecule has 1 atom stereocenters. The Bertz CT molecular complexity index is 1830. The number of hydrogen-bond donors (Lipinski definition) is 2. The SMILES string of the molecule is C=C(C)C1CC=C(COC(=O)NC(=O)c2ncn3c(=O)n(C)nnc23)CC1.Cn1nnc2c(C(N)=O)ncn2c1=O. The number of nitrogens with zero attached hydrogens (tertiary/aromatic N) is 10. The fourth-order valence-electron chi connectivity index (χ4n) is 3.91. The van der Waals surface area contributed by atoms with Gasteiger partial charge in [0, 0.05) is 14.1 Å². The highest BCUT2D eigenvalue weighted by Crippen LogP contribution is 2.28. The molecule has 41 heavy (non-hydrogen) atoms. The van der Waals surface area contributed by atoms with Gasteiger partial charge in [-0.2, -0.15) is 9.36 Å². The zero-order valence-electron chi connectivity index (χ0n) is 22.3. The van der Waals surface area contributed by atoms with Gasteiger partial charge in [0.2, 0.25) is 0 Å². The Morgan fingerprint density at radius 1 is 1.02 bits per heavy atom. The molecule has 4 aromatic rings. The van der Waals surface area contributed by atoms with Crippen LogP contribution in [0.1, 0.15) is 47.2 Å². The van der Waals surface area contributed by atoms with E-state index in [1.54, 1.807) is 0 Å². The highest BCUT2D eigenvalue weighted by Gasteiger charge is 2.21. The monoisotopic (exact) mass is 566 g/mol. The molecule has 5 rings (SSSR count). The van der Waals surface area contributed by atoms with E-state index in [2.05, 4.69) is 42.5 Å². The highest BCUT2D eigenvalue weighted by atomic mass is 16.5. The van der Waals surface area contributed by atoms with E-state index in [9.17, 15) is 24.0 Å². The van der Waals surface area contributed by atoms with Gasteiger partial charge in [-0.3, -0.25) is 14.9 Å². The number of carbonyl (C=O) groups is 3. The molecule has 0 fully saturated rings. The molecule has 0 spiro atoms. The molecule has 4 heterocycles. The molecule has 0 aromatic carbocycles. The third-order valence-electron chi connectivity index (χ3n) is 6.25. The van der Waals surface area contributed by atoms with Crippen molar-refractivity contribution < 1.29 is 19.1 Å². The maximum atomic E-state index is 12.2. The molecule has 18 heteroatoms. The van der Waals surface area contributed by atoms with Gasteiger partial charge < -0.3 is 10.5 Å². The van der Waals surface area contributed by atoms with E-state index in [4.69, 9.17) is 10.5 Å². The lowest BCUT2D eigenvalue weighted by molar-refractivity contribution is 0.0922. The Morgan fingerprint density at radius 2 is 1.59 bits per heavy atom. The summed E-state index contributed by atoms with van der Waals surface area (Å²) in [6.45, 7) is 6.10. The molecule has 3 amide bonds. The molecule has 1 aliphatic carbocycles. The van der Waals surface area contributed by atoms with Gasteiger partial charge in [0.25, 0.3) is 11.8 Å². The molecule has 0 radical (unpaired) electrons. The Labute approximate surface area is 230 Å². The van der Waals surface area contributed by atoms with E-state index in [1.165, 1.54) is 20.4 Å². The van der Waals surface area contributed by atoms with E-state index in [0.717, 1.165) is 54.9 Å². The van der Waals surface area contributed by atoms with Gasteiger partial charge in [-0.1, -0.05) is 28.7 Å². The van der Waals surface area contributed by atoms with Crippen LogP contribution in [0.15, 0.2) is 46.0 Å². The smallest absolute Gasteiger partial charge is 0.414 e. The van der Waals surface area contributed by atoms with Crippen LogP contribution in [-0.2, 0) is 18.8 Å². The van der Waals surface area contributed by atoms with Crippen molar-refractivity contribution in [1.29, 1.82) is 0 Å². The summed E-state index contributed by atoms with van der Waals surface area (Å²) in [5.74, 6) is -1.09. The summed E-state index contributed by atoms with van der Waals surface area (Å²) >= 11 is 0. The van der Waals surface area contributed by atoms with Gasteiger partial charge in [-0.25, -0.2) is 33.2 Å². The molecular formula is C23H26N12O6. The van der Waals surface area contributed by atoms with Crippen LogP contribution in [0.5, 0.6) is 0 Å². The van der Waals surface area contributed by atoms with Crippen LogP contribution in [0.2, 0.25) is 0 Å². The van der Waals surface area contributed by atoms with E-state index in [-0.39, 0.29) is 29.3 Å². The van der Waals surface area contributed by atoms with Crippen molar-refractivity contribution in [3.8, 4) is 0 Å². The summed E-state index contributed by atoms with van der Waals surface area (Å²) < 4.78 is 9.30. The number of aryl methyl sites for hydroxylation is 2. The standard InChI is InChI=1S/C17H20N6O4.C6H6N6O2/c1-10(2)12-6-4-11(5-7-12)8-27-16(25)19-15(24)13-14-20-21-22(3)17(26)23(14)9-18-13;1-11-6(14)12-2-8-3(4(7)13)5(12)9-10-11/h4,9,12H,1,5-8H2,2-3H3,(H,19,24,25);2H,1H3,(H2,7,13). The second-order valence-corrected chi connectivity index (χ2v) is 9.14. The van der Waals surface area contributed by atoms with E-state index >= 15 is 0 Å². The van der Waals surface area contributed by atoms with Crippen LogP contribution in [0.25, 0.3) is 11.3 Å². The summed E-state index contributed by atoms with van der Waals surface area (Å²) in [5.41, 5.74) is 6.03. The van der Waals surface area contributed by atoms with Crippen LogP contribution in [0, 0.1) is 5.92 Å². The number of carbonyl (C=O) groups excluding carboxylic acids is 3. The van der Waals surface area contributed by atoms with Crippen molar-refractivity contribution in [2.24, 2.45) is 25.7 Å². The first-order chi connectivity index (χ1) is 19.5. The largest absolute Gasteiger partial charge is 0.445 e. The summed E-state index contributed by atoms with van der Waals surface area (Å²) in [7, 11) is 2.86. The fourth-order valence-corrected chi connectivity index (χ4v) is 3.91. The highest BCUT2D eigenvalue weighted by molar-refractivity contribution is 6.05. The first-order valence-electron chi connectivity index (χ1n) is 12.1. The minimum Gasteiger partial charge on any atom is -0.445 e. The number of fused-ring (bicyclic) bond motifs is 2. The van der Waals surface area contributed by atoms with Gasteiger partial charge in [0.05, 0.1) is 0 Å². The number of nitrogens with one attached hydrogen (secondary N) is 1. The molecule has 18 nitrogen and oxygen atoms in total. The van der Waals surface area contributed by atoms with Crippen LogP contribution in [0.3, 0.4) is 0 Å². The normalized spacial score (nSPS) is 14.6. The molecular weight excluding hydrogens is 540 g/mol. The Balaban J connectivity index is 0.000000231. The Hall–Kier alpha value is -5.55. The van der Waals surface area contributed by atoms with Gasteiger partial charge in [-0.15, -0.1) is 10.2 Å². The Morgan fingerprint density at radius 3 is 2.10 bits per heavy atom. The van der Waals surface area contributed by atoms with Crippen molar-refractivity contribution in [3.63, 3.8) is 0 Å². The summed E-state index contributed by atoms with van der Waals surface area (Å²) in [4.78, 5) is 65.7. The molecule has 1 aliphatic rings. The topological polar surface area (TPSA) is 229 Å². The zero-order chi connectivity index (χ0) is 29.8. The average molecular weight is 567 g/mol. The van der Waals surface area contributed by atoms with Crippen LogP contribution < -0.4 is 22.4 Å². The number of imidazole rings is 2. The number of nitrogens with two attached hydrogens (primary N) is 1. The van der Waals surface area contributed by atoms with Crippen molar-refractivity contribution in [2.45, 2.75) is 26.2 Å². The lowest BCUT2D eigenvalue weighted by atomic mass is 9.86. The number of rotatable bonds is 5. The van der Waals surface area contributed by atoms with Crippen molar-refractivity contribution >= 4 is 29.2 Å². The molecule has 0 bridgehead atoms. The van der Waals surface area contributed by atoms with Crippen LogP contribution in [-0.4, -0.2) is 73.3 Å². The minimum absolute atomic E-state index is 0.0378. The predicted molar refractivity (Wildman–Crippen MR) is 140 cm³/mol. The number of aromatic nitrogens is 10. The lowest BCUT2D eigenvalue weighted by Gasteiger charge is -2.21. The third kappa shape index (κ3) is 6.05. The second kappa shape index (κ2) is 11.7. The summed E-state index contributed by atoms with van der Waals surface area (Å²) in [6, 6.07) is 0. The Kier molecular flexibility index (Phi) is 8.11. The van der Waals surface area contributed by atoms with Crippen LogP contribution >= 0.6 is 0 Å². The maximum Gasteiger partial charge on any atom is 0.414 e. The number of ether oxygens (including phenoxy) is 1.